The molecule has 0 fully saturated rings. The first-order chi connectivity index (χ1) is 9.49. The first-order valence-electron chi connectivity index (χ1n) is 6.69. The van der Waals surface area contributed by atoms with Crippen molar-refractivity contribution in [2.24, 2.45) is 5.92 Å². The fourth-order valence-electron chi connectivity index (χ4n) is 2.04. The highest BCUT2D eigenvalue weighted by atomic mass is 19.1. The van der Waals surface area contributed by atoms with Crippen LogP contribution in [0, 0.1) is 11.7 Å². The maximum absolute atomic E-state index is 13.0. The monoisotopic (exact) mass is 279 g/mol. The van der Waals surface area contributed by atoms with Gasteiger partial charge >= 0.3 is 5.97 Å². The minimum absolute atomic E-state index is 0.0928. The number of hydrogen-bond donors (Lipinski definition) is 1. The lowest BCUT2D eigenvalue weighted by molar-refractivity contribution is -0.144. The number of carbonyl (C=O) groups excluding carboxylic acids is 1. The van der Waals surface area contributed by atoms with Gasteiger partial charge in [-0.25, -0.2) is 4.39 Å². The number of nitrogens with one attached hydrogen (secondary N) is 1. The molecule has 0 unspecified atom stereocenters. The maximum atomic E-state index is 13.0. The number of rotatable bonds is 7. The fourth-order valence-corrected chi connectivity index (χ4v) is 2.04. The highest BCUT2D eigenvalue weighted by molar-refractivity contribution is 5.76. The van der Waals surface area contributed by atoms with Crippen LogP contribution in [-0.2, 0) is 9.53 Å². The molecular formula is C16H22FNO2. The topological polar surface area (TPSA) is 38.3 Å². The van der Waals surface area contributed by atoms with Gasteiger partial charge in [-0.15, -0.1) is 6.58 Å². The van der Waals surface area contributed by atoms with Crippen LogP contribution in [0.4, 0.5) is 4.39 Å². The van der Waals surface area contributed by atoms with Crippen LogP contribution < -0.4 is 5.32 Å². The van der Waals surface area contributed by atoms with Crippen LogP contribution in [0.25, 0.3) is 0 Å². The summed E-state index contributed by atoms with van der Waals surface area (Å²) < 4.78 is 17.8. The smallest absolute Gasteiger partial charge is 0.323 e. The van der Waals surface area contributed by atoms with Crippen LogP contribution in [0.5, 0.6) is 0 Å². The Hall–Kier alpha value is -1.68. The van der Waals surface area contributed by atoms with Gasteiger partial charge in [0.05, 0.1) is 7.11 Å². The number of halogens is 1. The third kappa shape index (κ3) is 4.46. The molecular weight excluding hydrogens is 257 g/mol. The Bertz CT molecular complexity index is 442. The predicted molar refractivity (Wildman–Crippen MR) is 77.7 cm³/mol. The number of hydrogen-bond acceptors (Lipinski definition) is 3. The zero-order valence-corrected chi connectivity index (χ0v) is 12.2. The first kappa shape index (κ1) is 16.4. The van der Waals surface area contributed by atoms with Crippen molar-refractivity contribution in [3.63, 3.8) is 0 Å². The Morgan fingerprint density at radius 3 is 2.45 bits per heavy atom. The van der Waals surface area contributed by atoms with E-state index < -0.39 is 6.04 Å². The molecule has 1 aromatic rings. The standard InChI is InChI=1S/C16H22FNO2/c1-5-6-14(12-7-9-13(17)10-8-12)18-15(11(2)3)16(19)20-4/h5,7-11,14-15,18H,1,6H2,2-4H3/t14-,15-/m0/s1. The summed E-state index contributed by atoms with van der Waals surface area (Å²) in [7, 11) is 1.37. The third-order valence-electron chi connectivity index (χ3n) is 3.18. The van der Waals surface area contributed by atoms with Gasteiger partial charge in [0, 0.05) is 6.04 Å². The maximum Gasteiger partial charge on any atom is 0.323 e. The molecule has 0 aliphatic carbocycles. The van der Waals surface area contributed by atoms with Crippen LogP contribution in [0.3, 0.4) is 0 Å². The van der Waals surface area contributed by atoms with Crippen molar-refractivity contribution in [1.29, 1.82) is 0 Å². The summed E-state index contributed by atoms with van der Waals surface area (Å²) in [6, 6.07) is 5.75. The molecule has 1 aromatic carbocycles. The average molecular weight is 279 g/mol. The van der Waals surface area contributed by atoms with Crippen LogP contribution in [0.15, 0.2) is 36.9 Å². The number of ether oxygens (including phenoxy) is 1. The molecule has 110 valence electrons. The number of esters is 1. The highest BCUT2D eigenvalue weighted by Gasteiger charge is 2.26. The molecule has 0 saturated heterocycles. The Morgan fingerprint density at radius 1 is 1.40 bits per heavy atom. The minimum atomic E-state index is -0.407. The summed E-state index contributed by atoms with van der Waals surface area (Å²) in [5, 5.41) is 3.27. The predicted octanol–water partition coefficient (Wildman–Crippen LogP) is 3.23. The molecule has 0 aliphatic heterocycles. The largest absolute Gasteiger partial charge is 0.468 e. The summed E-state index contributed by atoms with van der Waals surface area (Å²) in [4.78, 5) is 11.8. The molecule has 0 saturated carbocycles. The molecule has 20 heavy (non-hydrogen) atoms. The molecule has 0 heterocycles. The zero-order valence-electron chi connectivity index (χ0n) is 12.2. The van der Waals surface area contributed by atoms with Crippen LogP contribution in [-0.4, -0.2) is 19.1 Å². The summed E-state index contributed by atoms with van der Waals surface area (Å²) in [5.41, 5.74) is 0.917. The summed E-state index contributed by atoms with van der Waals surface area (Å²) in [5.74, 6) is -0.481. The van der Waals surface area contributed by atoms with E-state index in [0.29, 0.717) is 6.42 Å². The van der Waals surface area contributed by atoms with Gasteiger partial charge in [0.1, 0.15) is 11.9 Å². The van der Waals surface area contributed by atoms with Gasteiger partial charge in [0.15, 0.2) is 0 Å². The van der Waals surface area contributed by atoms with Crippen molar-refractivity contribution in [2.75, 3.05) is 7.11 Å². The lowest BCUT2D eigenvalue weighted by Crippen LogP contribution is -2.43. The molecule has 4 heteroatoms. The van der Waals surface area contributed by atoms with Crippen molar-refractivity contribution in [2.45, 2.75) is 32.4 Å². The van der Waals surface area contributed by atoms with E-state index >= 15 is 0 Å². The second-order valence-corrected chi connectivity index (χ2v) is 5.04. The van der Waals surface area contributed by atoms with Crippen LogP contribution >= 0.6 is 0 Å². The van der Waals surface area contributed by atoms with Crippen molar-refractivity contribution < 1.29 is 13.9 Å². The van der Waals surface area contributed by atoms with E-state index in [4.69, 9.17) is 4.74 Å². The molecule has 2 atom stereocenters. The number of benzene rings is 1. The Balaban J connectivity index is 2.92. The van der Waals surface area contributed by atoms with E-state index in [1.54, 1.807) is 18.2 Å². The van der Waals surface area contributed by atoms with Crippen molar-refractivity contribution in [3.8, 4) is 0 Å². The Kier molecular flexibility index (Phi) is 6.39. The normalized spacial score (nSPS) is 13.8. The quantitative estimate of drug-likeness (QED) is 0.615. The zero-order chi connectivity index (χ0) is 15.1. The van der Waals surface area contributed by atoms with E-state index in [1.165, 1.54) is 19.2 Å². The minimum Gasteiger partial charge on any atom is -0.468 e. The SMILES string of the molecule is C=CC[C@H](N[C@H](C(=O)OC)C(C)C)c1ccc(F)cc1. The average Bonchev–Trinajstić information content (AvgIpc) is 2.43. The van der Waals surface area contributed by atoms with E-state index in [-0.39, 0.29) is 23.7 Å². The number of carbonyl (C=O) groups is 1. The third-order valence-corrected chi connectivity index (χ3v) is 3.18. The van der Waals surface area contributed by atoms with Gasteiger partial charge in [-0.05, 0) is 30.0 Å². The van der Waals surface area contributed by atoms with Crippen molar-refractivity contribution in [1.82, 2.24) is 5.32 Å². The number of methoxy groups -OCH3 is 1. The van der Waals surface area contributed by atoms with Gasteiger partial charge in [0.2, 0.25) is 0 Å². The van der Waals surface area contributed by atoms with Crippen LogP contribution in [0.2, 0.25) is 0 Å². The van der Waals surface area contributed by atoms with E-state index in [2.05, 4.69) is 11.9 Å². The Labute approximate surface area is 119 Å². The lowest BCUT2D eigenvalue weighted by Gasteiger charge is -2.26. The molecule has 0 aliphatic rings. The molecule has 0 bridgehead atoms. The molecule has 3 nitrogen and oxygen atoms in total. The van der Waals surface area contributed by atoms with Gasteiger partial charge < -0.3 is 4.74 Å². The molecule has 0 amide bonds. The summed E-state index contributed by atoms with van der Waals surface area (Å²) >= 11 is 0. The van der Waals surface area contributed by atoms with E-state index in [0.717, 1.165) is 5.56 Å². The molecule has 1 N–H and O–H groups in total. The lowest BCUT2D eigenvalue weighted by atomic mass is 9.98. The van der Waals surface area contributed by atoms with Gasteiger partial charge in [-0.1, -0.05) is 32.1 Å². The van der Waals surface area contributed by atoms with Crippen LogP contribution in [0.1, 0.15) is 31.9 Å². The van der Waals surface area contributed by atoms with E-state index in [9.17, 15) is 9.18 Å². The first-order valence-corrected chi connectivity index (χ1v) is 6.69. The summed E-state index contributed by atoms with van der Waals surface area (Å²) in [6.45, 7) is 7.63. The van der Waals surface area contributed by atoms with Gasteiger partial charge in [0.25, 0.3) is 0 Å². The molecule has 0 spiro atoms. The van der Waals surface area contributed by atoms with Gasteiger partial charge in [-0.3, -0.25) is 10.1 Å². The van der Waals surface area contributed by atoms with Crippen molar-refractivity contribution >= 4 is 5.97 Å². The second-order valence-electron chi connectivity index (χ2n) is 5.04. The molecule has 1 rings (SSSR count). The van der Waals surface area contributed by atoms with E-state index in [1.807, 2.05) is 13.8 Å². The van der Waals surface area contributed by atoms with Crippen molar-refractivity contribution in [3.05, 3.63) is 48.3 Å². The fraction of sp³-hybridized carbons (Fsp3) is 0.438. The Morgan fingerprint density at radius 2 is 2.00 bits per heavy atom. The second kappa shape index (κ2) is 7.80. The molecule has 0 aromatic heterocycles. The molecule has 0 radical (unpaired) electrons. The highest BCUT2D eigenvalue weighted by Crippen LogP contribution is 2.20. The summed E-state index contributed by atoms with van der Waals surface area (Å²) in [6.07, 6.45) is 2.42. The van der Waals surface area contributed by atoms with Gasteiger partial charge in [-0.2, -0.15) is 0 Å².